The Hall–Kier alpha value is -1.66. The third-order valence-electron chi connectivity index (χ3n) is 1.78. The fraction of sp³-hybridized carbons (Fsp3) is 0.154. The van der Waals surface area contributed by atoms with E-state index in [1.165, 1.54) is 5.56 Å². The van der Waals surface area contributed by atoms with Gasteiger partial charge < -0.3 is 0 Å². The van der Waals surface area contributed by atoms with E-state index in [2.05, 4.69) is 11.8 Å². The molecule has 0 heteroatoms. The molecule has 1 radical (unpaired) electrons. The summed E-state index contributed by atoms with van der Waals surface area (Å²) in [7, 11) is 0. The second kappa shape index (κ2) is 5.07. The molecule has 0 nitrogen and oxygen atoms in total. The highest BCUT2D eigenvalue weighted by atomic mass is 14.1. The minimum atomic E-state index is 0.575. The molecule has 0 heterocycles. The SMILES string of the molecule is C#CC[C](C#C)Cc1ccccc1. The molecule has 0 unspecified atom stereocenters. The third-order valence-corrected chi connectivity index (χ3v) is 1.78. The second-order valence-electron chi connectivity index (χ2n) is 2.79. The second-order valence-corrected chi connectivity index (χ2v) is 2.79. The zero-order valence-electron chi connectivity index (χ0n) is 7.46. The van der Waals surface area contributed by atoms with Crippen molar-refractivity contribution in [1.82, 2.24) is 0 Å². The average molecular weight is 167 g/mol. The molecule has 0 aliphatic rings. The van der Waals surface area contributed by atoms with E-state index in [1.807, 2.05) is 30.3 Å². The minimum Gasteiger partial charge on any atom is -0.120 e. The summed E-state index contributed by atoms with van der Waals surface area (Å²) < 4.78 is 0. The fourth-order valence-electron chi connectivity index (χ4n) is 1.13. The van der Waals surface area contributed by atoms with E-state index in [1.54, 1.807) is 0 Å². The Morgan fingerprint density at radius 3 is 2.38 bits per heavy atom. The standard InChI is InChI=1S/C13H11/c1-3-8-12(4-2)11-13-9-6-5-7-10-13/h1-2,5-7,9-10H,8,11H2. The molecule has 0 saturated heterocycles. The molecular formula is C13H11. The van der Waals surface area contributed by atoms with Crippen LogP contribution < -0.4 is 0 Å². The van der Waals surface area contributed by atoms with Gasteiger partial charge in [0.05, 0.1) is 5.92 Å². The van der Waals surface area contributed by atoms with E-state index in [4.69, 9.17) is 12.8 Å². The van der Waals surface area contributed by atoms with Gasteiger partial charge in [0, 0.05) is 6.42 Å². The third kappa shape index (κ3) is 3.06. The highest BCUT2D eigenvalue weighted by Gasteiger charge is 2.04. The topological polar surface area (TPSA) is 0 Å². The van der Waals surface area contributed by atoms with Crippen LogP contribution in [0.15, 0.2) is 30.3 Å². The van der Waals surface area contributed by atoms with Crippen LogP contribution in [0.5, 0.6) is 0 Å². The molecule has 1 rings (SSSR count). The largest absolute Gasteiger partial charge is 0.120 e. The quantitative estimate of drug-likeness (QED) is 0.607. The maximum absolute atomic E-state index is 5.32. The van der Waals surface area contributed by atoms with E-state index in [0.717, 1.165) is 12.3 Å². The first kappa shape index (κ1) is 9.43. The maximum Gasteiger partial charge on any atom is 0.0638 e. The maximum atomic E-state index is 5.32. The van der Waals surface area contributed by atoms with E-state index in [9.17, 15) is 0 Å². The molecule has 0 fully saturated rings. The van der Waals surface area contributed by atoms with Crippen LogP contribution in [0.4, 0.5) is 0 Å². The lowest BCUT2D eigenvalue weighted by Crippen LogP contribution is -1.97. The van der Waals surface area contributed by atoms with Gasteiger partial charge in [-0.3, -0.25) is 0 Å². The van der Waals surface area contributed by atoms with Crippen LogP contribution in [-0.4, -0.2) is 0 Å². The Morgan fingerprint density at radius 2 is 1.85 bits per heavy atom. The molecule has 0 bridgehead atoms. The Morgan fingerprint density at radius 1 is 1.15 bits per heavy atom. The number of terminal acetylenes is 2. The number of rotatable bonds is 3. The van der Waals surface area contributed by atoms with Gasteiger partial charge in [-0.25, -0.2) is 0 Å². The molecule has 0 spiro atoms. The summed E-state index contributed by atoms with van der Waals surface area (Å²) in [5.74, 6) is 6.15. The van der Waals surface area contributed by atoms with E-state index in [-0.39, 0.29) is 0 Å². The molecule has 1 aromatic rings. The van der Waals surface area contributed by atoms with Crippen LogP contribution >= 0.6 is 0 Å². The summed E-state index contributed by atoms with van der Waals surface area (Å²) in [5, 5.41) is 0. The molecular weight excluding hydrogens is 156 g/mol. The van der Waals surface area contributed by atoms with Crippen molar-refractivity contribution in [2.24, 2.45) is 0 Å². The Kier molecular flexibility index (Phi) is 3.68. The Balaban J connectivity index is 2.59. The summed E-state index contributed by atoms with van der Waals surface area (Å²) in [6, 6.07) is 10.1. The Labute approximate surface area is 80.0 Å². The van der Waals surface area contributed by atoms with Gasteiger partial charge in [-0.15, -0.1) is 18.8 Å². The van der Waals surface area contributed by atoms with Gasteiger partial charge in [0.1, 0.15) is 0 Å². The number of hydrogen-bond donors (Lipinski definition) is 0. The van der Waals surface area contributed by atoms with Crippen molar-refractivity contribution in [2.45, 2.75) is 12.8 Å². The molecule has 0 atom stereocenters. The van der Waals surface area contributed by atoms with Crippen LogP contribution in [0.2, 0.25) is 0 Å². The molecule has 0 amide bonds. The van der Waals surface area contributed by atoms with Gasteiger partial charge in [0.2, 0.25) is 0 Å². The first-order valence-electron chi connectivity index (χ1n) is 4.15. The normalized spacial score (nSPS) is 9.15. The van der Waals surface area contributed by atoms with Crippen molar-refractivity contribution in [1.29, 1.82) is 0 Å². The molecule has 0 aliphatic carbocycles. The van der Waals surface area contributed by atoms with Crippen molar-refractivity contribution in [3.8, 4) is 24.7 Å². The lowest BCUT2D eigenvalue weighted by molar-refractivity contribution is 0.986. The molecule has 0 aliphatic heterocycles. The summed E-state index contributed by atoms with van der Waals surface area (Å²) in [6.07, 6.45) is 11.9. The Bertz CT molecular complexity index is 321. The lowest BCUT2D eigenvalue weighted by atomic mass is 9.97. The highest BCUT2D eigenvalue weighted by Crippen LogP contribution is 2.12. The monoisotopic (exact) mass is 167 g/mol. The molecule has 1 aromatic carbocycles. The highest BCUT2D eigenvalue weighted by molar-refractivity contribution is 5.29. The summed E-state index contributed by atoms with van der Waals surface area (Å²) in [4.78, 5) is 0. The van der Waals surface area contributed by atoms with Gasteiger partial charge in [0.25, 0.3) is 0 Å². The van der Waals surface area contributed by atoms with Crippen LogP contribution in [0.25, 0.3) is 0 Å². The molecule has 63 valence electrons. The van der Waals surface area contributed by atoms with E-state index >= 15 is 0 Å². The average Bonchev–Trinajstić information content (AvgIpc) is 2.19. The van der Waals surface area contributed by atoms with Crippen molar-refractivity contribution in [3.05, 3.63) is 41.8 Å². The number of benzene rings is 1. The predicted octanol–water partition coefficient (Wildman–Crippen LogP) is 2.46. The molecule has 13 heavy (non-hydrogen) atoms. The van der Waals surface area contributed by atoms with Gasteiger partial charge in [-0.2, -0.15) is 0 Å². The summed E-state index contributed by atoms with van der Waals surface area (Å²) in [5.41, 5.74) is 1.21. The van der Waals surface area contributed by atoms with E-state index in [0.29, 0.717) is 6.42 Å². The first-order chi connectivity index (χ1) is 6.36. The van der Waals surface area contributed by atoms with Crippen LogP contribution in [0.1, 0.15) is 12.0 Å². The van der Waals surface area contributed by atoms with Gasteiger partial charge in [0.15, 0.2) is 0 Å². The van der Waals surface area contributed by atoms with Crippen molar-refractivity contribution >= 4 is 0 Å². The van der Waals surface area contributed by atoms with Crippen LogP contribution in [-0.2, 0) is 6.42 Å². The van der Waals surface area contributed by atoms with E-state index < -0.39 is 0 Å². The minimum absolute atomic E-state index is 0.575. The van der Waals surface area contributed by atoms with Gasteiger partial charge in [-0.1, -0.05) is 36.3 Å². The van der Waals surface area contributed by atoms with Gasteiger partial charge >= 0.3 is 0 Å². The van der Waals surface area contributed by atoms with Gasteiger partial charge in [-0.05, 0) is 12.0 Å². The zero-order valence-corrected chi connectivity index (χ0v) is 7.46. The fourth-order valence-corrected chi connectivity index (χ4v) is 1.13. The zero-order chi connectivity index (χ0) is 9.52. The smallest absolute Gasteiger partial charge is 0.0638 e. The molecule has 0 aromatic heterocycles. The summed E-state index contributed by atoms with van der Waals surface area (Å²) >= 11 is 0. The lowest BCUT2D eigenvalue weighted by Gasteiger charge is -2.05. The molecule has 0 saturated carbocycles. The van der Waals surface area contributed by atoms with Crippen molar-refractivity contribution in [2.75, 3.05) is 0 Å². The van der Waals surface area contributed by atoms with Crippen molar-refractivity contribution in [3.63, 3.8) is 0 Å². The molecule has 0 N–H and O–H groups in total. The van der Waals surface area contributed by atoms with Crippen molar-refractivity contribution < 1.29 is 0 Å². The van der Waals surface area contributed by atoms with Crippen LogP contribution in [0.3, 0.4) is 0 Å². The summed E-state index contributed by atoms with van der Waals surface area (Å²) in [6.45, 7) is 0. The number of hydrogen-bond acceptors (Lipinski definition) is 0. The first-order valence-corrected chi connectivity index (χ1v) is 4.15. The van der Waals surface area contributed by atoms with Crippen LogP contribution in [0, 0.1) is 30.6 Å². The predicted molar refractivity (Wildman–Crippen MR) is 55.7 cm³/mol.